The first-order chi connectivity index (χ1) is 16.9. The van der Waals surface area contributed by atoms with E-state index in [-0.39, 0.29) is 17.1 Å². The number of amides is 1. The summed E-state index contributed by atoms with van der Waals surface area (Å²) in [6.07, 6.45) is 12.2. The molecular weight excluding hydrogens is 442 g/mol. The minimum absolute atomic E-state index is 0.183. The molecule has 1 saturated carbocycles. The van der Waals surface area contributed by atoms with Crippen LogP contribution in [-0.4, -0.2) is 48.4 Å². The van der Waals surface area contributed by atoms with Crippen LogP contribution in [0.15, 0.2) is 54.4 Å². The van der Waals surface area contributed by atoms with Gasteiger partial charge in [0.2, 0.25) is 0 Å². The van der Waals surface area contributed by atoms with Gasteiger partial charge in [0.05, 0.1) is 41.7 Å². The number of aliphatic imine (C=N–C) groups is 1. The Morgan fingerprint density at radius 2 is 2.00 bits per heavy atom. The number of rotatable bonds is 4. The molecule has 10 heteroatoms. The van der Waals surface area contributed by atoms with E-state index in [0.29, 0.717) is 28.7 Å². The maximum absolute atomic E-state index is 12.6. The third-order valence-electron chi connectivity index (χ3n) is 6.88. The molecule has 1 amide bonds. The highest BCUT2D eigenvalue weighted by Gasteiger charge is 2.54. The molecule has 35 heavy (non-hydrogen) atoms. The fourth-order valence-corrected chi connectivity index (χ4v) is 5.01. The minimum Gasteiger partial charge on any atom is -0.381 e. The van der Waals surface area contributed by atoms with Gasteiger partial charge >= 0.3 is 0 Å². The Bertz CT molecular complexity index is 1490. The van der Waals surface area contributed by atoms with E-state index in [1.54, 1.807) is 12.4 Å². The number of carbonyl (C=O) groups is 1. The summed E-state index contributed by atoms with van der Waals surface area (Å²) in [6.45, 7) is 5.30. The van der Waals surface area contributed by atoms with Gasteiger partial charge in [-0.1, -0.05) is 6.92 Å². The van der Waals surface area contributed by atoms with Gasteiger partial charge < -0.3 is 11.1 Å². The highest BCUT2D eigenvalue weighted by molar-refractivity contribution is 6.03. The van der Waals surface area contributed by atoms with Gasteiger partial charge in [-0.25, -0.2) is 24.6 Å². The molecule has 4 heterocycles. The van der Waals surface area contributed by atoms with E-state index in [9.17, 15) is 4.79 Å². The summed E-state index contributed by atoms with van der Waals surface area (Å²) in [7, 11) is 0. The third-order valence-corrected chi connectivity index (χ3v) is 6.88. The van der Waals surface area contributed by atoms with Crippen LogP contribution in [0.1, 0.15) is 40.4 Å². The highest BCUT2D eigenvalue weighted by Crippen LogP contribution is 2.57. The molecule has 2 atom stereocenters. The number of hydrogen-bond acceptors (Lipinski definition) is 8. The molecule has 6 rings (SSSR count). The van der Waals surface area contributed by atoms with Crippen LogP contribution in [0, 0.1) is 12.8 Å². The number of nitrogens with two attached hydrogens (primary N) is 1. The molecule has 1 aliphatic carbocycles. The van der Waals surface area contributed by atoms with E-state index < -0.39 is 0 Å². The average molecular weight is 466 g/mol. The van der Waals surface area contributed by atoms with Crippen LogP contribution in [0.3, 0.4) is 0 Å². The Morgan fingerprint density at radius 1 is 1.20 bits per heavy atom. The molecular formula is C25H23N9O. The second-order valence-electron chi connectivity index (χ2n) is 9.21. The topological polar surface area (TPSA) is 137 Å². The smallest absolute Gasteiger partial charge is 0.258 e. The summed E-state index contributed by atoms with van der Waals surface area (Å²) in [5, 5.41) is 7.02. The Kier molecular flexibility index (Phi) is 4.70. The van der Waals surface area contributed by atoms with Gasteiger partial charge in [-0.3, -0.25) is 9.79 Å². The summed E-state index contributed by atoms with van der Waals surface area (Å²) in [6, 6.07) is 4.27. The zero-order chi connectivity index (χ0) is 24.2. The fraction of sp³-hybridized carbons (Fsp3) is 0.240. The predicted molar refractivity (Wildman–Crippen MR) is 132 cm³/mol. The van der Waals surface area contributed by atoms with E-state index >= 15 is 0 Å². The van der Waals surface area contributed by atoms with Crippen molar-refractivity contribution in [2.45, 2.75) is 25.7 Å². The molecule has 1 aliphatic heterocycles. The number of fused-ring (bicyclic) bond motifs is 2. The Balaban J connectivity index is 1.32. The molecule has 0 saturated heterocycles. The number of hydrogen-bond donors (Lipinski definition) is 2. The van der Waals surface area contributed by atoms with Crippen LogP contribution in [0.25, 0.3) is 17.1 Å². The van der Waals surface area contributed by atoms with E-state index in [2.05, 4.69) is 56.3 Å². The first-order valence-corrected chi connectivity index (χ1v) is 11.3. The number of anilines is 2. The lowest BCUT2D eigenvalue weighted by Crippen LogP contribution is -2.22. The predicted octanol–water partition coefficient (Wildman–Crippen LogP) is 2.97. The zero-order valence-electron chi connectivity index (χ0n) is 19.3. The number of aromatic nitrogens is 6. The summed E-state index contributed by atoms with van der Waals surface area (Å²) < 4.78 is 1.45. The molecule has 2 unspecified atom stereocenters. The Hall–Kier alpha value is -4.47. The van der Waals surface area contributed by atoms with Crippen LogP contribution in [0.2, 0.25) is 0 Å². The number of carbonyl (C=O) groups excluding carboxylic acids is 1. The van der Waals surface area contributed by atoms with Gasteiger partial charge in [0.25, 0.3) is 5.91 Å². The first kappa shape index (κ1) is 21.1. The standard InChI is InChI=1S/C25H23N9O/c1-14-3-16(4-17-6-27-12-25(21(14)17)5-15(25)2)20-10-30-22(26)23(33-20)34-11-18(7-31-34)24(35)32-19-8-28-13-29-9-19/h3-4,6-11,13,15H,5,12H2,1-2H3,(H2,26,30)(H,32,35). The third kappa shape index (κ3) is 3.54. The lowest BCUT2D eigenvalue weighted by Gasteiger charge is -2.25. The molecule has 4 aromatic rings. The quantitative estimate of drug-likeness (QED) is 0.473. The fourth-order valence-electron chi connectivity index (χ4n) is 5.01. The van der Waals surface area contributed by atoms with Gasteiger partial charge in [-0.15, -0.1) is 0 Å². The summed E-state index contributed by atoms with van der Waals surface area (Å²) in [4.78, 5) is 34.1. The van der Waals surface area contributed by atoms with Gasteiger partial charge in [0.1, 0.15) is 6.33 Å². The largest absolute Gasteiger partial charge is 0.381 e. The van der Waals surface area contributed by atoms with Crippen LogP contribution in [0.5, 0.6) is 0 Å². The molecule has 3 N–H and O–H groups in total. The van der Waals surface area contributed by atoms with E-state index in [1.165, 1.54) is 47.1 Å². The molecule has 10 nitrogen and oxygen atoms in total. The number of benzene rings is 1. The zero-order valence-corrected chi connectivity index (χ0v) is 19.3. The van der Waals surface area contributed by atoms with Crippen molar-refractivity contribution in [1.29, 1.82) is 0 Å². The van der Waals surface area contributed by atoms with Gasteiger partial charge in [-0.2, -0.15) is 5.10 Å². The molecule has 2 aliphatic rings. The van der Waals surface area contributed by atoms with Crippen LogP contribution in [-0.2, 0) is 5.41 Å². The SMILES string of the molecule is Cc1cc(-c2cnc(N)c(-n3cc(C(=O)Nc4cncnc4)cn3)n2)cc2c1C1(CN=C2)CC1C. The number of aryl methyl sites for hydroxylation is 1. The van der Waals surface area contributed by atoms with Crippen molar-refractivity contribution >= 4 is 23.6 Å². The molecule has 1 spiro atoms. The Labute approximate surface area is 201 Å². The maximum Gasteiger partial charge on any atom is 0.258 e. The lowest BCUT2D eigenvalue weighted by molar-refractivity contribution is 0.102. The summed E-state index contributed by atoms with van der Waals surface area (Å²) in [5.74, 6) is 0.858. The van der Waals surface area contributed by atoms with Crippen molar-refractivity contribution in [3.63, 3.8) is 0 Å². The Morgan fingerprint density at radius 3 is 2.77 bits per heavy atom. The normalized spacial score (nSPS) is 20.0. The van der Waals surface area contributed by atoms with E-state index in [0.717, 1.165) is 17.7 Å². The van der Waals surface area contributed by atoms with Crippen molar-refractivity contribution in [2.24, 2.45) is 10.9 Å². The van der Waals surface area contributed by atoms with Crippen molar-refractivity contribution in [2.75, 3.05) is 17.6 Å². The molecule has 174 valence electrons. The van der Waals surface area contributed by atoms with E-state index in [4.69, 9.17) is 10.7 Å². The van der Waals surface area contributed by atoms with Crippen molar-refractivity contribution in [3.05, 3.63) is 71.7 Å². The van der Waals surface area contributed by atoms with Gasteiger partial charge in [-0.05, 0) is 48.1 Å². The average Bonchev–Trinajstić information content (AvgIpc) is 3.25. The van der Waals surface area contributed by atoms with E-state index in [1.807, 2.05) is 6.21 Å². The van der Waals surface area contributed by atoms with Crippen molar-refractivity contribution < 1.29 is 4.79 Å². The van der Waals surface area contributed by atoms with Crippen molar-refractivity contribution in [3.8, 4) is 17.1 Å². The summed E-state index contributed by atoms with van der Waals surface area (Å²) in [5.41, 5.74) is 12.5. The molecule has 1 fully saturated rings. The highest BCUT2D eigenvalue weighted by atomic mass is 16.1. The van der Waals surface area contributed by atoms with Crippen LogP contribution in [0.4, 0.5) is 11.5 Å². The van der Waals surface area contributed by atoms with Gasteiger partial charge in [0, 0.05) is 29.9 Å². The molecule has 3 aromatic heterocycles. The first-order valence-electron chi connectivity index (χ1n) is 11.3. The van der Waals surface area contributed by atoms with Gasteiger partial charge in [0.15, 0.2) is 11.6 Å². The molecule has 0 bridgehead atoms. The molecule has 1 aromatic carbocycles. The number of nitrogen functional groups attached to an aromatic ring is 1. The van der Waals surface area contributed by atoms with Crippen LogP contribution < -0.4 is 11.1 Å². The number of nitrogens with zero attached hydrogens (tertiary/aromatic N) is 7. The molecule has 0 radical (unpaired) electrons. The van der Waals surface area contributed by atoms with Crippen LogP contribution >= 0.6 is 0 Å². The lowest BCUT2D eigenvalue weighted by atomic mass is 9.83. The minimum atomic E-state index is -0.346. The summed E-state index contributed by atoms with van der Waals surface area (Å²) >= 11 is 0. The number of nitrogens with one attached hydrogen (secondary N) is 1. The second-order valence-corrected chi connectivity index (χ2v) is 9.21. The second kappa shape index (κ2) is 7.79. The monoisotopic (exact) mass is 465 g/mol. The van der Waals surface area contributed by atoms with Crippen molar-refractivity contribution in [1.82, 2.24) is 29.7 Å². The maximum atomic E-state index is 12.6.